The van der Waals surface area contributed by atoms with E-state index in [4.69, 9.17) is 9.47 Å². The average molecular weight is 486 g/mol. The standard InChI is InChI=1S/C22H30Br2O2/c1-3-5-7-11-15-25-21-17-13-9-10-14-18(17)22(20(24)19(21)23)26-16-12-8-6-4-2/h9-10,13-14H,3-8,11-12,15-16H2,1-2H3. The third-order valence-corrected chi connectivity index (χ3v) is 6.54. The molecule has 144 valence electrons. The van der Waals surface area contributed by atoms with Crippen molar-refractivity contribution >= 4 is 42.6 Å². The minimum Gasteiger partial charge on any atom is -0.492 e. The summed E-state index contributed by atoms with van der Waals surface area (Å²) in [6.45, 7) is 5.94. The first-order chi connectivity index (χ1) is 12.7. The topological polar surface area (TPSA) is 18.5 Å². The van der Waals surface area contributed by atoms with Gasteiger partial charge in [-0.05, 0) is 44.7 Å². The van der Waals surface area contributed by atoms with Gasteiger partial charge in [0.1, 0.15) is 11.5 Å². The summed E-state index contributed by atoms with van der Waals surface area (Å²) in [7, 11) is 0. The smallest absolute Gasteiger partial charge is 0.142 e. The van der Waals surface area contributed by atoms with E-state index in [-0.39, 0.29) is 0 Å². The maximum atomic E-state index is 6.16. The molecule has 0 aliphatic rings. The van der Waals surface area contributed by atoms with Gasteiger partial charge in [-0.15, -0.1) is 0 Å². The van der Waals surface area contributed by atoms with Crippen molar-refractivity contribution < 1.29 is 9.47 Å². The predicted molar refractivity (Wildman–Crippen MR) is 119 cm³/mol. The van der Waals surface area contributed by atoms with Crippen LogP contribution in [0.25, 0.3) is 10.8 Å². The average Bonchev–Trinajstić information content (AvgIpc) is 2.66. The Morgan fingerprint density at radius 1 is 0.654 bits per heavy atom. The van der Waals surface area contributed by atoms with Crippen LogP contribution in [0.15, 0.2) is 33.2 Å². The summed E-state index contributed by atoms with van der Waals surface area (Å²) in [5, 5.41) is 2.20. The van der Waals surface area contributed by atoms with E-state index >= 15 is 0 Å². The lowest BCUT2D eigenvalue weighted by atomic mass is 10.1. The number of halogens is 2. The van der Waals surface area contributed by atoms with Crippen molar-refractivity contribution in [1.82, 2.24) is 0 Å². The van der Waals surface area contributed by atoms with Gasteiger partial charge >= 0.3 is 0 Å². The van der Waals surface area contributed by atoms with Crippen molar-refractivity contribution in [3.63, 3.8) is 0 Å². The summed E-state index contributed by atoms with van der Waals surface area (Å²) in [4.78, 5) is 0. The third kappa shape index (κ3) is 5.88. The molecule has 0 radical (unpaired) electrons. The third-order valence-electron chi connectivity index (χ3n) is 4.50. The van der Waals surface area contributed by atoms with Gasteiger partial charge < -0.3 is 9.47 Å². The van der Waals surface area contributed by atoms with Crippen molar-refractivity contribution in [3.05, 3.63) is 33.2 Å². The largest absolute Gasteiger partial charge is 0.492 e. The Kier molecular flexibility index (Phi) is 9.84. The highest BCUT2D eigenvalue weighted by Gasteiger charge is 2.18. The van der Waals surface area contributed by atoms with E-state index in [2.05, 4.69) is 70.0 Å². The van der Waals surface area contributed by atoms with Crippen LogP contribution in [-0.2, 0) is 0 Å². The van der Waals surface area contributed by atoms with Gasteiger partial charge in [0, 0.05) is 10.8 Å². The fourth-order valence-corrected chi connectivity index (χ4v) is 4.02. The first-order valence-electron chi connectivity index (χ1n) is 9.86. The molecule has 0 fully saturated rings. The van der Waals surface area contributed by atoms with Crippen LogP contribution in [-0.4, -0.2) is 13.2 Å². The van der Waals surface area contributed by atoms with Crippen LogP contribution in [0, 0.1) is 0 Å². The summed E-state index contributed by atoms with van der Waals surface area (Å²) in [5.41, 5.74) is 0. The number of rotatable bonds is 12. The van der Waals surface area contributed by atoms with Crippen LogP contribution in [0.4, 0.5) is 0 Å². The molecular weight excluding hydrogens is 456 g/mol. The lowest BCUT2D eigenvalue weighted by Crippen LogP contribution is -2.02. The SMILES string of the molecule is CCCCCCOc1c(Br)c(Br)c(OCCCCCC)c2ccccc12. The highest BCUT2D eigenvalue weighted by atomic mass is 79.9. The molecule has 0 N–H and O–H groups in total. The summed E-state index contributed by atoms with van der Waals surface area (Å²) in [5.74, 6) is 1.81. The lowest BCUT2D eigenvalue weighted by Gasteiger charge is -2.18. The van der Waals surface area contributed by atoms with Gasteiger partial charge in [0.15, 0.2) is 0 Å². The molecule has 2 aromatic rings. The van der Waals surface area contributed by atoms with E-state index in [1.54, 1.807) is 0 Å². The second-order valence-corrected chi connectivity index (χ2v) is 8.24. The molecule has 0 aliphatic carbocycles. The quantitative estimate of drug-likeness (QED) is 0.281. The first kappa shape index (κ1) is 21.6. The normalized spacial score (nSPS) is 11.1. The van der Waals surface area contributed by atoms with Gasteiger partial charge in [0.05, 0.1) is 22.2 Å². The molecule has 0 aromatic heterocycles. The number of hydrogen-bond acceptors (Lipinski definition) is 2. The van der Waals surface area contributed by atoms with Gasteiger partial charge in [0.2, 0.25) is 0 Å². The molecule has 26 heavy (non-hydrogen) atoms. The van der Waals surface area contributed by atoms with Crippen LogP contribution < -0.4 is 9.47 Å². The molecule has 0 aliphatic heterocycles. The maximum absolute atomic E-state index is 6.16. The molecule has 2 nitrogen and oxygen atoms in total. The van der Waals surface area contributed by atoms with Gasteiger partial charge in [-0.1, -0.05) is 76.6 Å². The molecular formula is C22H30Br2O2. The van der Waals surface area contributed by atoms with E-state index in [0.29, 0.717) is 0 Å². The Morgan fingerprint density at radius 3 is 1.46 bits per heavy atom. The molecule has 0 atom stereocenters. The highest BCUT2D eigenvalue weighted by Crippen LogP contribution is 2.47. The predicted octanol–water partition coefficient (Wildman–Crippen LogP) is 8.28. The fourth-order valence-electron chi connectivity index (χ4n) is 3.00. The van der Waals surface area contributed by atoms with Gasteiger partial charge in [0.25, 0.3) is 0 Å². The van der Waals surface area contributed by atoms with Crippen molar-refractivity contribution in [1.29, 1.82) is 0 Å². The van der Waals surface area contributed by atoms with Crippen LogP contribution in [0.1, 0.15) is 65.2 Å². The zero-order valence-corrected chi connectivity index (χ0v) is 19.1. The van der Waals surface area contributed by atoms with Crippen LogP contribution >= 0.6 is 31.9 Å². The number of fused-ring (bicyclic) bond motifs is 1. The minimum absolute atomic E-state index is 0.742. The molecule has 0 amide bonds. The Bertz CT molecular complexity index is 627. The molecule has 4 heteroatoms. The number of benzene rings is 2. The van der Waals surface area contributed by atoms with Crippen molar-refractivity contribution in [3.8, 4) is 11.5 Å². The van der Waals surface area contributed by atoms with Crippen molar-refractivity contribution in [2.24, 2.45) is 0 Å². The summed E-state index contributed by atoms with van der Waals surface area (Å²) < 4.78 is 14.2. The molecule has 2 rings (SSSR count). The van der Waals surface area contributed by atoms with Crippen LogP contribution in [0.2, 0.25) is 0 Å². The fraction of sp³-hybridized carbons (Fsp3) is 0.545. The van der Waals surface area contributed by atoms with Crippen LogP contribution in [0.5, 0.6) is 11.5 Å². The van der Waals surface area contributed by atoms with Gasteiger partial charge in [-0.2, -0.15) is 0 Å². The Balaban J connectivity index is 2.18. The van der Waals surface area contributed by atoms with E-state index in [9.17, 15) is 0 Å². The van der Waals surface area contributed by atoms with Crippen molar-refractivity contribution in [2.75, 3.05) is 13.2 Å². The van der Waals surface area contributed by atoms with E-state index < -0.39 is 0 Å². The summed E-state index contributed by atoms with van der Waals surface area (Å²) in [6.07, 6.45) is 9.60. The van der Waals surface area contributed by atoms with Gasteiger partial charge in [-0.3, -0.25) is 0 Å². The van der Waals surface area contributed by atoms with E-state index in [1.165, 1.54) is 38.5 Å². The molecule has 0 bridgehead atoms. The minimum atomic E-state index is 0.742. The Labute approximate surface area is 174 Å². The second-order valence-electron chi connectivity index (χ2n) is 6.65. The number of unbranched alkanes of at least 4 members (excludes halogenated alkanes) is 6. The molecule has 0 saturated heterocycles. The molecule has 0 heterocycles. The number of hydrogen-bond donors (Lipinski definition) is 0. The lowest BCUT2D eigenvalue weighted by molar-refractivity contribution is 0.299. The molecule has 0 unspecified atom stereocenters. The molecule has 0 spiro atoms. The monoisotopic (exact) mass is 484 g/mol. The molecule has 2 aromatic carbocycles. The molecule has 0 saturated carbocycles. The van der Waals surface area contributed by atoms with Crippen molar-refractivity contribution in [2.45, 2.75) is 65.2 Å². The zero-order valence-electron chi connectivity index (χ0n) is 16.0. The second kappa shape index (κ2) is 11.9. The Hall–Kier alpha value is -0.740. The van der Waals surface area contributed by atoms with Gasteiger partial charge in [-0.25, -0.2) is 0 Å². The maximum Gasteiger partial charge on any atom is 0.142 e. The number of ether oxygens (including phenoxy) is 2. The van der Waals surface area contributed by atoms with E-state index in [0.717, 1.165) is 57.3 Å². The summed E-state index contributed by atoms with van der Waals surface area (Å²) in [6, 6.07) is 8.32. The first-order valence-corrected chi connectivity index (χ1v) is 11.4. The highest BCUT2D eigenvalue weighted by molar-refractivity contribution is 9.13. The summed E-state index contributed by atoms with van der Waals surface area (Å²) >= 11 is 7.43. The van der Waals surface area contributed by atoms with Crippen LogP contribution in [0.3, 0.4) is 0 Å². The van der Waals surface area contributed by atoms with E-state index in [1.807, 2.05) is 0 Å². The zero-order chi connectivity index (χ0) is 18.8. The Morgan fingerprint density at radius 2 is 1.08 bits per heavy atom.